The summed E-state index contributed by atoms with van der Waals surface area (Å²) in [5.74, 6) is 1.18. The molecule has 0 aromatic carbocycles. The molecule has 5 heterocycles. The van der Waals surface area contributed by atoms with Crippen molar-refractivity contribution in [3.8, 4) is 0 Å². The van der Waals surface area contributed by atoms with Gasteiger partial charge in [0.05, 0.1) is 17.0 Å². The highest BCUT2D eigenvalue weighted by Crippen LogP contribution is 2.33. The van der Waals surface area contributed by atoms with Gasteiger partial charge in [0.2, 0.25) is 5.95 Å². The van der Waals surface area contributed by atoms with E-state index in [1.165, 1.54) is 11.8 Å². The first kappa shape index (κ1) is 17.9. The van der Waals surface area contributed by atoms with Crippen LogP contribution in [0.4, 0.5) is 17.6 Å². The van der Waals surface area contributed by atoms with Gasteiger partial charge in [-0.25, -0.2) is 19.9 Å². The third-order valence-electron chi connectivity index (χ3n) is 4.81. The molecule has 0 aliphatic carbocycles. The fraction of sp³-hybridized carbons (Fsp3) is 0.278. The molecule has 1 aliphatic rings. The molecule has 0 saturated carbocycles. The number of hydrogen-bond acceptors (Lipinski definition) is 10. The van der Waals surface area contributed by atoms with E-state index in [1.807, 2.05) is 6.07 Å². The highest BCUT2D eigenvalue weighted by Gasteiger charge is 2.28. The van der Waals surface area contributed by atoms with Gasteiger partial charge in [-0.05, 0) is 30.3 Å². The quantitative estimate of drug-likeness (QED) is 0.363. The molecule has 1 saturated heterocycles. The van der Waals surface area contributed by atoms with Gasteiger partial charge in [-0.2, -0.15) is 4.98 Å². The van der Waals surface area contributed by atoms with Crippen LogP contribution in [0, 0.1) is 0 Å². The van der Waals surface area contributed by atoms with Crippen LogP contribution in [0.2, 0.25) is 0 Å². The molecule has 1 fully saturated rings. The number of fused-ring (bicyclic) bond motifs is 2. The molecule has 4 aromatic rings. The first-order chi connectivity index (χ1) is 14.0. The number of aliphatic hydroxyl groups excluding tert-OH is 1. The Balaban J connectivity index is 1.55. The van der Waals surface area contributed by atoms with Gasteiger partial charge in [-0.15, -0.1) is 0 Å². The molecule has 11 heteroatoms. The summed E-state index contributed by atoms with van der Waals surface area (Å²) >= 11 is 1.38. The standard InChI is InChI=1S/C18H19N9OS/c1-2-8-3-11-15(22-8)25-18(26-16(11)27-6-9(28)7-27)29-10-4-12-13(21-5-10)14(19)24-17(20)23-12/h3-5,9,28H,2,6-7H2,1H3,(H,22,25,26)(H4,19,20,23,24). The van der Waals surface area contributed by atoms with Crippen molar-refractivity contribution in [2.45, 2.75) is 29.5 Å². The first-order valence-corrected chi connectivity index (χ1v) is 10.0. The van der Waals surface area contributed by atoms with Gasteiger partial charge >= 0.3 is 0 Å². The van der Waals surface area contributed by atoms with E-state index in [4.69, 9.17) is 16.5 Å². The van der Waals surface area contributed by atoms with Crippen LogP contribution in [0.3, 0.4) is 0 Å². The van der Waals surface area contributed by atoms with E-state index in [-0.39, 0.29) is 17.9 Å². The number of aliphatic hydroxyl groups is 1. The minimum Gasteiger partial charge on any atom is -0.389 e. The molecule has 6 N–H and O–H groups in total. The van der Waals surface area contributed by atoms with Crippen molar-refractivity contribution in [1.82, 2.24) is 29.9 Å². The van der Waals surface area contributed by atoms with E-state index in [9.17, 15) is 5.11 Å². The lowest BCUT2D eigenvalue weighted by atomic mass is 10.1. The van der Waals surface area contributed by atoms with Gasteiger partial charge in [0.1, 0.15) is 17.0 Å². The Morgan fingerprint density at radius 2 is 2.03 bits per heavy atom. The van der Waals surface area contributed by atoms with Crippen LogP contribution < -0.4 is 16.4 Å². The van der Waals surface area contributed by atoms with Gasteiger partial charge < -0.3 is 26.5 Å². The molecule has 0 bridgehead atoms. The Bertz CT molecular complexity index is 1240. The van der Waals surface area contributed by atoms with Crippen molar-refractivity contribution in [3.63, 3.8) is 0 Å². The topological polar surface area (TPSA) is 156 Å². The number of hydrogen-bond donors (Lipinski definition) is 4. The Labute approximate surface area is 169 Å². The number of nitrogens with one attached hydrogen (secondary N) is 1. The Hall–Kier alpha value is -3.18. The summed E-state index contributed by atoms with van der Waals surface area (Å²) < 4.78 is 0. The number of aryl methyl sites for hydroxylation is 1. The van der Waals surface area contributed by atoms with Crippen LogP contribution in [0.5, 0.6) is 0 Å². The maximum atomic E-state index is 9.71. The lowest BCUT2D eigenvalue weighted by molar-refractivity contribution is 0.141. The van der Waals surface area contributed by atoms with E-state index >= 15 is 0 Å². The Kier molecular flexibility index (Phi) is 4.14. The van der Waals surface area contributed by atoms with Crippen molar-refractivity contribution in [3.05, 3.63) is 24.0 Å². The molecule has 0 unspecified atom stereocenters. The molecule has 10 nitrogen and oxygen atoms in total. The molecule has 0 amide bonds. The molecule has 0 atom stereocenters. The molecule has 0 radical (unpaired) electrons. The average Bonchev–Trinajstić information content (AvgIpc) is 3.08. The number of anilines is 3. The summed E-state index contributed by atoms with van der Waals surface area (Å²) in [7, 11) is 0. The van der Waals surface area contributed by atoms with Crippen LogP contribution in [0.1, 0.15) is 12.6 Å². The smallest absolute Gasteiger partial charge is 0.222 e. The summed E-state index contributed by atoms with van der Waals surface area (Å²) in [6, 6.07) is 3.91. The fourth-order valence-corrected chi connectivity index (χ4v) is 4.09. The normalized spacial score (nSPS) is 14.6. The van der Waals surface area contributed by atoms with Crippen molar-refractivity contribution >= 4 is 51.4 Å². The number of nitrogens with two attached hydrogens (primary N) is 2. The van der Waals surface area contributed by atoms with Crippen molar-refractivity contribution < 1.29 is 5.11 Å². The summed E-state index contributed by atoms with van der Waals surface area (Å²) in [6.45, 7) is 3.21. The molecule has 148 valence electrons. The van der Waals surface area contributed by atoms with E-state index < -0.39 is 0 Å². The summed E-state index contributed by atoms with van der Waals surface area (Å²) in [6.07, 6.45) is 2.24. The second-order valence-corrected chi connectivity index (χ2v) is 7.95. The molecule has 29 heavy (non-hydrogen) atoms. The van der Waals surface area contributed by atoms with E-state index in [0.717, 1.165) is 33.9 Å². The van der Waals surface area contributed by atoms with Crippen LogP contribution >= 0.6 is 11.8 Å². The van der Waals surface area contributed by atoms with E-state index in [2.05, 4.69) is 42.8 Å². The number of H-pyrrole nitrogens is 1. The largest absolute Gasteiger partial charge is 0.389 e. The Morgan fingerprint density at radius 1 is 1.21 bits per heavy atom. The molecular formula is C18H19N9OS. The SMILES string of the molecule is CCc1cc2c(N3CC(O)C3)nc(Sc3cnc4c(N)nc(N)nc4c3)nc2[nH]1. The zero-order chi connectivity index (χ0) is 20.1. The van der Waals surface area contributed by atoms with E-state index in [1.54, 1.807) is 6.20 Å². The van der Waals surface area contributed by atoms with Crippen molar-refractivity contribution in [2.75, 3.05) is 29.5 Å². The van der Waals surface area contributed by atoms with Gasteiger partial charge in [0.25, 0.3) is 0 Å². The fourth-order valence-electron chi connectivity index (χ4n) is 3.34. The maximum Gasteiger partial charge on any atom is 0.222 e. The second kappa shape index (κ2) is 6.71. The van der Waals surface area contributed by atoms with Gasteiger partial charge in [-0.1, -0.05) is 6.92 Å². The number of aromatic amines is 1. The van der Waals surface area contributed by atoms with Crippen molar-refractivity contribution in [1.29, 1.82) is 0 Å². The summed E-state index contributed by atoms with van der Waals surface area (Å²) in [5.41, 5.74) is 14.5. The number of nitrogens with zero attached hydrogens (tertiary/aromatic N) is 6. The molecule has 5 rings (SSSR count). The highest BCUT2D eigenvalue weighted by molar-refractivity contribution is 7.99. The summed E-state index contributed by atoms with van der Waals surface area (Å²) in [4.78, 5) is 28.1. The maximum absolute atomic E-state index is 9.71. The molecule has 4 aromatic heterocycles. The van der Waals surface area contributed by atoms with Gasteiger partial charge in [0, 0.05) is 29.9 Å². The Morgan fingerprint density at radius 3 is 2.79 bits per heavy atom. The highest BCUT2D eigenvalue weighted by atomic mass is 32.2. The minimum absolute atomic E-state index is 0.105. The lowest BCUT2D eigenvalue weighted by Gasteiger charge is -2.37. The van der Waals surface area contributed by atoms with E-state index in [0.29, 0.717) is 29.3 Å². The minimum atomic E-state index is -0.319. The first-order valence-electron chi connectivity index (χ1n) is 9.19. The van der Waals surface area contributed by atoms with Crippen LogP contribution in [-0.2, 0) is 6.42 Å². The van der Waals surface area contributed by atoms with Crippen LogP contribution in [-0.4, -0.2) is 54.2 Å². The predicted octanol–water partition coefficient (Wildman–Crippen LogP) is 1.35. The van der Waals surface area contributed by atoms with Crippen LogP contribution in [0.25, 0.3) is 22.1 Å². The monoisotopic (exact) mass is 409 g/mol. The number of pyridine rings is 1. The second-order valence-electron chi connectivity index (χ2n) is 6.91. The van der Waals surface area contributed by atoms with Gasteiger partial charge in [-0.3, -0.25) is 0 Å². The molecule has 0 spiro atoms. The predicted molar refractivity (Wildman–Crippen MR) is 112 cm³/mol. The average molecular weight is 409 g/mol. The molecular weight excluding hydrogens is 390 g/mol. The summed E-state index contributed by atoms with van der Waals surface area (Å²) in [5, 5.41) is 11.3. The number of nitrogen functional groups attached to an aromatic ring is 2. The third-order valence-corrected chi connectivity index (χ3v) is 5.63. The van der Waals surface area contributed by atoms with Gasteiger partial charge in [0.15, 0.2) is 11.0 Å². The molecule has 1 aliphatic heterocycles. The third kappa shape index (κ3) is 3.17. The zero-order valence-electron chi connectivity index (χ0n) is 15.6. The zero-order valence-corrected chi connectivity index (χ0v) is 16.4. The lowest BCUT2D eigenvalue weighted by Crippen LogP contribution is -2.51. The number of β-amino-alcohol motifs (C(OH)–C–C–N with tert-alkyl or cyclic N) is 1. The number of rotatable bonds is 4. The van der Waals surface area contributed by atoms with Crippen LogP contribution in [0.15, 0.2) is 28.4 Å². The number of aromatic nitrogens is 6. The van der Waals surface area contributed by atoms with Crippen molar-refractivity contribution in [2.24, 2.45) is 0 Å².